The van der Waals surface area contributed by atoms with Crippen LogP contribution in [0.4, 0.5) is 14.5 Å². The van der Waals surface area contributed by atoms with Crippen molar-refractivity contribution >= 4 is 5.69 Å². The molecule has 0 saturated heterocycles. The normalized spacial score (nSPS) is 10.2. The van der Waals surface area contributed by atoms with E-state index in [1.165, 1.54) is 0 Å². The molecular formula is C13H9F2NO3. The highest BCUT2D eigenvalue weighted by Gasteiger charge is 2.19. The van der Waals surface area contributed by atoms with Crippen LogP contribution in [0.1, 0.15) is 5.56 Å². The average Bonchev–Trinajstić information content (AvgIpc) is 2.38. The van der Waals surface area contributed by atoms with Gasteiger partial charge in [-0.05, 0) is 5.56 Å². The zero-order valence-electron chi connectivity index (χ0n) is 9.68. The summed E-state index contributed by atoms with van der Waals surface area (Å²) in [5, 5.41) is 10.5. The molecule has 0 aliphatic heterocycles. The van der Waals surface area contributed by atoms with Crippen molar-refractivity contribution in [3.8, 4) is 5.75 Å². The Balaban J connectivity index is 2.21. The Bertz CT molecular complexity index is 602. The summed E-state index contributed by atoms with van der Waals surface area (Å²) < 4.78 is 31.6. The number of nitro benzene ring substituents is 1. The number of nitro groups is 1. The third-order valence-electron chi connectivity index (χ3n) is 2.44. The molecule has 0 spiro atoms. The molecule has 98 valence electrons. The average molecular weight is 265 g/mol. The largest absolute Gasteiger partial charge is 0.486 e. The minimum Gasteiger partial charge on any atom is -0.486 e. The zero-order chi connectivity index (χ0) is 13.8. The van der Waals surface area contributed by atoms with Gasteiger partial charge in [-0.1, -0.05) is 30.3 Å². The lowest BCUT2D eigenvalue weighted by molar-refractivity contribution is -0.387. The smallest absolute Gasteiger partial charge is 0.308 e. The predicted molar refractivity (Wildman–Crippen MR) is 63.8 cm³/mol. The zero-order valence-corrected chi connectivity index (χ0v) is 9.68. The molecule has 6 heteroatoms. The summed E-state index contributed by atoms with van der Waals surface area (Å²) in [6.07, 6.45) is 0. The standard InChI is InChI=1S/C13H9F2NO3/c14-10-6-11(15)13(7-12(10)16(17)18)19-8-9-4-2-1-3-5-9/h1-7H,8H2. The summed E-state index contributed by atoms with van der Waals surface area (Å²) in [6.45, 7) is 0.0422. The van der Waals surface area contributed by atoms with Crippen molar-refractivity contribution < 1.29 is 18.4 Å². The van der Waals surface area contributed by atoms with Gasteiger partial charge in [-0.15, -0.1) is 0 Å². The first-order valence-electron chi connectivity index (χ1n) is 5.38. The van der Waals surface area contributed by atoms with Crippen LogP contribution in [-0.4, -0.2) is 4.92 Å². The molecule has 0 aliphatic carbocycles. The molecule has 2 rings (SSSR count). The van der Waals surface area contributed by atoms with Gasteiger partial charge in [0.15, 0.2) is 11.6 Å². The Morgan fingerprint density at radius 1 is 1.11 bits per heavy atom. The number of nitrogens with zero attached hydrogens (tertiary/aromatic N) is 1. The second-order valence-electron chi connectivity index (χ2n) is 3.77. The maximum Gasteiger partial charge on any atom is 0.308 e. The van der Waals surface area contributed by atoms with E-state index < -0.39 is 22.2 Å². The van der Waals surface area contributed by atoms with Crippen LogP contribution in [0.3, 0.4) is 0 Å². The fourth-order valence-electron chi connectivity index (χ4n) is 1.50. The van der Waals surface area contributed by atoms with E-state index in [9.17, 15) is 18.9 Å². The van der Waals surface area contributed by atoms with Gasteiger partial charge in [0.1, 0.15) is 6.61 Å². The summed E-state index contributed by atoms with van der Waals surface area (Å²) in [6, 6.07) is 10.1. The molecular weight excluding hydrogens is 256 g/mol. The molecule has 2 aromatic carbocycles. The molecule has 0 saturated carbocycles. The van der Waals surface area contributed by atoms with Crippen molar-refractivity contribution in [1.82, 2.24) is 0 Å². The lowest BCUT2D eigenvalue weighted by Gasteiger charge is -2.07. The molecule has 0 aromatic heterocycles. The van der Waals surface area contributed by atoms with E-state index in [1.807, 2.05) is 6.07 Å². The minimum atomic E-state index is -1.23. The number of ether oxygens (including phenoxy) is 1. The minimum absolute atomic E-state index is 0.0422. The molecule has 0 unspecified atom stereocenters. The van der Waals surface area contributed by atoms with Crippen LogP contribution in [0.5, 0.6) is 5.75 Å². The summed E-state index contributed by atoms with van der Waals surface area (Å²) in [5.41, 5.74) is -0.0432. The number of benzene rings is 2. The van der Waals surface area contributed by atoms with E-state index in [2.05, 4.69) is 0 Å². The molecule has 0 radical (unpaired) electrons. The highest BCUT2D eigenvalue weighted by atomic mass is 19.1. The Labute approximate surface area is 107 Å². The van der Waals surface area contributed by atoms with Gasteiger partial charge in [0.05, 0.1) is 11.0 Å². The first-order valence-corrected chi connectivity index (χ1v) is 5.38. The van der Waals surface area contributed by atoms with Crippen molar-refractivity contribution in [2.24, 2.45) is 0 Å². The van der Waals surface area contributed by atoms with E-state index in [1.54, 1.807) is 24.3 Å². The first-order chi connectivity index (χ1) is 9.08. The topological polar surface area (TPSA) is 52.4 Å². The molecule has 0 atom stereocenters. The van der Waals surface area contributed by atoms with E-state index in [0.717, 1.165) is 11.6 Å². The van der Waals surface area contributed by atoms with Crippen LogP contribution < -0.4 is 4.74 Å². The Kier molecular flexibility index (Phi) is 3.70. The van der Waals surface area contributed by atoms with E-state index >= 15 is 0 Å². The van der Waals surface area contributed by atoms with Crippen LogP contribution in [0.25, 0.3) is 0 Å². The van der Waals surface area contributed by atoms with Gasteiger partial charge in [0, 0.05) is 6.07 Å². The first kappa shape index (κ1) is 12.9. The third-order valence-corrected chi connectivity index (χ3v) is 2.44. The highest BCUT2D eigenvalue weighted by Crippen LogP contribution is 2.27. The second-order valence-corrected chi connectivity index (χ2v) is 3.77. The maximum atomic E-state index is 13.4. The van der Waals surface area contributed by atoms with Crippen LogP contribution >= 0.6 is 0 Å². The molecule has 0 aliphatic rings. The lowest BCUT2D eigenvalue weighted by atomic mass is 10.2. The van der Waals surface area contributed by atoms with Gasteiger partial charge in [-0.2, -0.15) is 4.39 Å². The fraction of sp³-hybridized carbons (Fsp3) is 0.0769. The highest BCUT2D eigenvalue weighted by molar-refractivity contribution is 5.40. The number of rotatable bonds is 4. The van der Waals surface area contributed by atoms with Gasteiger partial charge >= 0.3 is 5.69 Å². The molecule has 0 bridgehead atoms. The maximum absolute atomic E-state index is 13.4. The molecule has 2 aromatic rings. The third kappa shape index (κ3) is 3.04. The van der Waals surface area contributed by atoms with E-state index in [0.29, 0.717) is 6.07 Å². The Morgan fingerprint density at radius 2 is 1.79 bits per heavy atom. The monoisotopic (exact) mass is 265 g/mol. The van der Waals surface area contributed by atoms with Gasteiger partial charge < -0.3 is 4.74 Å². The summed E-state index contributed by atoms with van der Waals surface area (Å²) in [7, 11) is 0. The fourth-order valence-corrected chi connectivity index (χ4v) is 1.50. The molecule has 0 N–H and O–H groups in total. The molecule has 19 heavy (non-hydrogen) atoms. The molecule has 4 nitrogen and oxygen atoms in total. The Morgan fingerprint density at radius 3 is 2.42 bits per heavy atom. The van der Waals surface area contributed by atoms with Gasteiger partial charge in [-0.25, -0.2) is 4.39 Å². The summed E-state index contributed by atoms with van der Waals surface area (Å²) in [4.78, 5) is 9.62. The van der Waals surface area contributed by atoms with Gasteiger partial charge in [0.2, 0.25) is 5.82 Å². The predicted octanol–water partition coefficient (Wildman–Crippen LogP) is 3.45. The van der Waals surface area contributed by atoms with Crippen molar-refractivity contribution in [1.29, 1.82) is 0 Å². The van der Waals surface area contributed by atoms with Crippen LogP contribution in [-0.2, 0) is 6.61 Å². The van der Waals surface area contributed by atoms with Crippen molar-refractivity contribution in [3.63, 3.8) is 0 Å². The van der Waals surface area contributed by atoms with Gasteiger partial charge in [-0.3, -0.25) is 10.1 Å². The molecule has 0 fully saturated rings. The van der Waals surface area contributed by atoms with Crippen LogP contribution in [0, 0.1) is 21.7 Å². The summed E-state index contributed by atoms with van der Waals surface area (Å²) in [5.74, 6) is -2.55. The second kappa shape index (κ2) is 5.43. The number of hydrogen-bond donors (Lipinski definition) is 0. The van der Waals surface area contributed by atoms with Crippen molar-refractivity contribution in [2.75, 3.05) is 0 Å². The van der Waals surface area contributed by atoms with E-state index in [-0.39, 0.29) is 12.4 Å². The molecule has 0 heterocycles. The SMILES string of the molecule is O=[N+]([O-])c1cc(OCc2ccccc2)c(F)cc1F. The lowest BCUT2D eigenvalue weighted by Crippen LogP contribution is -2.00. The number of hydrogen-bond acceptors (Lipinski definition) is 3. The van der Waals surface area contributed by atoms with Crippen LogP contribution in [0.15, 0.2) is 42.5 Å². The van der Waals surface area contributed by atoms with Crippen LogP contribution in [0.2, 0.25) is 0 Å². The van der Waals surface area contributed by atoms with E-state index in [4.69, 9.17) is 4.74 Å². The van der Waals surface area contributed by atoms with Gasteiger partial charge in [0.25, 0.3) is 0 Å². The number of halogens is 2. The van der Waals surface area contributed by atoms with Crippen molar-refractivity contribution in [2.45, 2.75) is 6.61 Å². The quantitative estimate of drug-likeness (QED) is 0.628. The Hall–Kier alpha value is -2.50. The molecule has 0 amide bonds. The van der Waals surface area contributed by atoms with Crippen molar-refractivity contribution in [3.05, 3.63) is 69.8 Å². The summed E-state index contributed by atoms with van der Waals surface area (Å²) >= 11 is 0.